The SMILES string of the molecule is CCC(C)CCCCCCCCCCCCCCCCCCCCC(=O)O[C@H](COC(=O)CCCCCCCCC(C)C)COP(=O)(O)OCC(O)COP(=O)(O)OC[C@@H](COC(=O)CCCCCCCCCC(C)C)OC(=O)CCCCCCCCCCCCCCCCCC(C)C. The maximum absolute atomic E-state index is 13.1. The van der Waals surface area contributed by atoms with E-state index in [2.05, 4.69) is 55.4 Å². The van der Waals surface area contributed by atoms with E-state index in [1.165, 1.54) is 199 Å². The molecule has 0 aliphatic rings. The van der Waals surface area contributed by atoms with Crippen molar-refractivity contribution in [2.45, 2.75) is 427 Å². The van der Waals surface area contributed by atoms with Gasteiger partial charge in [-0.05, 0) is 49.4 Å². The number of carbonyl (C=O) groups excluding carboxylic acids is 4. The van der Waals surface area contributed by atoms with Gasteiger partial charge < -0.3 is 33.8 Å². The summed E-state index contributed by atoms with van der Waals surface area (Å²) in [5, 5.41) is 10.6. The Morgan fingerprint density at radius 2 is 0.485 bits per heavy atom. The monoisotopic (exact) mass is 1450 g/mol. The van der Waals surface area contributed by atoms with Crippen molar-refractivity contribution in [2.75, 3.05) is 39.6 Å². The maximum Gasteiger partial charge on any atom is 0.472 e. The molecule has 99 heavy (non-hydrogen) atoms. The Morgan fingerprint density at radius 1 is 0.283 bits per heavy atom. The molecule has 0 saturated carbocycles. The van der Waals surface area contributed by atoms with Crippen LogP contribution in [0.3, 0.4) is 0 Å². The molecule has 588 valence electrons. The molecule has 0 aromatic heterocycles. The van der Waals surface area contributed by atoms with Gasteiger partial charge >= 0.3 is 39.5 Å². The van der Waals surface area contributed by atoms with Crippen molar-refractivity contribution in [3.05, 3.63) is 0 Å². The number of aliphatic hydroxyl groups is 1. The van der Waals surface area contributed by atoms with Crippen LogP contribution in [0.4, 0.5) is 0 Å². The highest BCUT2D eigenvalue weighted by molar-refractivity contribution is 7.47. The summed E-state index contributed by atoms with van der Waals surface area (Å²) in [5.74, 6) is 0.938. The van der Waals surface area contributed by atoms with Crippen LogP contribution in [0, 0.1) is 23.7 Å². The zero-order valence-corrected chi connectivity index (χ0v) is 66.9. The number of carbonyl (C=O) groups is 4. The molecule has 17 nitrogen and oxygen atoms in total. The van der Waals surface area contributed by atoms with Crippen molar-refractivity contribution in [1.29, 1.82) is 0 Å². The molecule has 3 N–H and O–H groups in total. The van der Waals surface area contributed by atoms with Gasteiger partial charge in [-0.3, -0.25) is 37.3 Å². The number of hydrogen-bond acceptors (Lipinski definition) is 15. The van der Waals surface area contributed by atoms with E-state index in [0.717, 1.165) is 115 Å². The van der Waals surface area contributed by atoms with Crippen molar-refractivity contribution >= 4 is 39.5 Å². The van der Waals surface area contributed by atoms with Crippen LogP contribution in [0.1, 0.15) is 409 Å². The van der Waals surface area contributed by atoms with Crippen LogP contribution in [0.15, 0.2) is 0 Å². The highest BCUT2D eigenvalue weighted by Crippen LogP contribution is 2.45. The Kier molecular flexibility index (Phi) is 67.8. The molecular formula is C80H156O17P2. The van der Waals surface area contributed by atoms with Gasteiger partial charge in [0.1, 0.15) is 19.3 Å². The van der Waals surface area contributed by atoms with Crippen molar-refractivity contribution < 1.29 is 80.2 Å². The molecule has 0 saturated heterocycles. The largest absolute Gasteiger partial charge is 0.472 e. The summed E-state index contributed by atoms with van der Waals surface area (Å²) in [6.07, 6.45) is 55.9. The Morgan fingerprint density at radius 3 is 0.717 bits per heavy atom. The first kappa shape index (κ1) is 97.1. The molecule has 0 spiro atoms. The maximum atomic E-state index is 13.1. The number of phosphoric ester groups is 2. The molecule has 0 amide bonds. The van der Waals surface area contributed by atoms with E-state index in [1.54, 1.807) is 0 Å². The van der Waals surface area contributed by atoms with Gasteiger partial charge in [0.15, 0.2) is 12.2 Å². The molecule has 0 heterocycles. The molecule has 0 aromatic rings. The van der Waals surface area contributed by atoms with Crippen molar-refractivity contribution in [1.82, 2.24) is 0 Å². The van der Waals surface area contributed by atoms with Gasteiger partial charge in [-0.1, -0.05) is 357 Å². The molecule has 0 aliphatic carbocycles. The summed E-state index contributed by atoms with van der Waals surface area (Å²) >= 11 is 0. The van der Waals surface area contributed by atoms with E-state index < -0.39 is 97.5 Å². The highest BCUT2D eigenvalue weighted by Gasteiger charge is 2.30. The van der Waals surface area contributed by atoms with Gasteiger partial charge in [-0.15, -0.1) is 0 Å². The van der Waals surface area contributed by atoms with E-state index in [-0.39, 0.29) is 25.7 Å². The summed E-state index contributed by atoms with van der Waals surface area (Å²) in [4.78, 5) is 72.8. The zero-order valence-electron chi connectivity index (χ0n) is 65.1. The quantitative estimate of drug-likeness (QED) is 0.0222. The lowest BCUT2D eigenvalue weighted by Gasteiger charge is -2.21. The van der Waals surface area contributed by atoms with Gasteiger partial charge in [0.05, 0.1) is 26.4 Å². The third-order valence-electron chi connectivity index (χ3n) is 18.9. The number of ether oxygens (including phenoxy) is 4. The fourth-order valence-electron chi connectivity index (χ4n) is 12.2. The average molecular weight is 1450 g/mol. The minimum atomic E-state index is -4.96. The molecule has 6 atom stereocenters. The first-order valence-corrected chi connectivity index (χ1v) is 44.2. The summed E-state index contributed by atoms with van der Waals surface area (Å²) < 4.78 is 68.6. The van der Waals surface area contributed by atoms with Crippen molar-refractivity contribution in [3.63, 3.8) is 0 Å². The Labute approximate surface area is 607 Å². The van der Waals surface area contributed by atoms with E-state index in [1.807, 2.05) is 0 Å². The Bertz CT molecular complexity index is 1940. The molecule has 19 heteroatoms. The Balaban J connectivity index is 5.14. The number of aliphatic hydroxyl groups excluding tert-OH is 1. The second-order valence-corrected chi connectivity index (χ2v) is 33.4. The number of phosphoric acid groups is 2. The molecule has 0 radical (unpaired) electrons. The van der Waals surface area contributed by atoms with Gasteiger partial charge in [0.2, 0.25) is 0 Å². The molecule has 0 aliphatic heterocycles. The number of esters is 4. The molecular weight excluding hydrogens is 1290 g/mol. The van der Waals surface area contributed by atoms with E-state index >= 15 is 0 Å². The standard InChI is InChI=1S/C80H156O17P2/c1-9-73(8)59-51-43-34-28-24-20-16-12-10-11-13-17-21-25-29-35-46-54-63-80(85)97-76(67-91-78(83)61-53-45-39-38-42-50-58-72(6)7)69-95-99(88,89)93-65-74(81)64-92-98(86,87)94-68-75(66-90-77(82)60-52-44-37-31-33-41-49-57-71(4)5)96-79(84)62-55-47-36-30-26-22-18-14-15-19-23-27-32-40-48-56-70(2)3/h70-76,81H,9-69H2,1-8H3,(H,86,87)(H,88,89)/t73?,74?,75-,76-/m1/s1. The molecule has 0 rings (SSSR count). The topological polar surface area (TPSA) is 237 Å². The summed E-state index contributed by atoms with van der Waals surface area (Å²) in [6.45, 7) is 14.2. The summed E-state index contributed by atoms with van der Waals surface area (Å²) in [6, 6.07) is 0. The third-order valence-corrected chi connectivity index (χ3v) is 20.8. The molecule has 0 fully saturated rings. The summed E-state index contributed by atoms with van der Waals surface area (Å²) in [5.41, 5.74) is 0. The second kappa shape index (κ2) is 69.1. The first-order chi connectivity index (χ1) is 47.6. The van der Waals surface area contributed by atoms with E-state index in [4.69, 9.17) is 37.0 Å². The number of rotatable bonds is 77. The van der Waals surface area contributed by atoms with Crippen molar-refractivity contribution in [2.24, 2.45) is 23.7 Å². The predicted octanol–water partition coefficient (Wildman–Crippen LogP) is 23.6. The van der Waals surface area contributed by atoms with Crippen LogP contribution in [-0.2, 0) is 65.4 Å². The molecule has 0 bridgehead atoms. The van der Waals surface area contributed by atoms with Crippen LogP contribution in [0.5, 0.6) is 0 Å². The van der Waals surface area contributed by atoms with Crippen LogP contribution in [-0.4, -0.2) is 96.7 Å². The van der Waals surface area contributed by atoms with Gasteiger partial charge in [-0.2, -0.15) is 0 Å². The van der Waals surface area contributed by atoms with Crippen LogP contribution in [0.25, 0.3) is 0 Å². The highest BCUT2D eigenvalue weighted by atomic mass is 31.2. The number of unbranched alkanes of at least 4 members (excludes halogenated alkanes) is 42. The average Bonchev–Trinajstić information content (AvgIpc) is 0.968. The van der Waals surface area contributed by atoms with Crippen LogP contribution in [0.2, 0.25) is 0 Å². The van der Waals surface area contributed by atoms with Gasteiger partial charge in [0.25, 0.3) is 0 Å². The minimum absolute atomic E-state index is 0.106. The predicted molar refractivity (Wildman–Crippen MR) is 404 cm³/mol. The summed E-state index contributed by atoms with van der Waals surface area (Å²) in [7, 11) is -9.92. The Hall–Kier alpha value is -1.94. The van der Waals surface area contributed by atoms with Gasteiger partial charge in [-0.25, -0.2) is 9.13 Å². The fraction of sp³-hybridized carbons (Fsp3) is 0.950. The van der Waals surface area contributed by atoms with Gasteiger partial charge in [0, 0.05) is 25.7 Å². The van der Waals surface area contributed by atoms with Crippen LogP contribution >= 0.6 is 15.6 Å². The molecule has 4 unspecified atom stereocenters. The third kappa shape index (κ3) is 72.8. The lowest BCUT2D eigenvalue weighted by molar-refractivity contribution is -0.161. The van der Waals surface area contributed by atoms with E-state index in [0.29, 0.717) is 37.5 Å². The first-order valence-electron chi connectivity index (χ1n) is 41.2. The normalized spacial score (nSPS) is 14.3. The lowest BCUT2D eigenvalue weighted by Crippen LogP contribution is -2.30. The van der Waals surface area contributed by atoms with Crippen molar-refractivity contribution in [3.8, 4) is 0 Å². The smallest absolute Gasteiger partial charge is 0.462 e. The fourth-order valence-corrected chi connectivity index (χ4v) is 13.8. The van der Waals surface area contributed by atoms with E-state index in [9.17, 15) is 43.2 Å². The van der Waals surface area contributed by atoms with Crippen LogP contribution < -0.4 is 0 Å². The number of hydrogen-bond donors (Lipinski definition) is 3. The molecule has 0 aromatic carbocycles. The minimum Gasteiger partial charge on any atom is -0.462 e. The zero-order chi connectivity index (χ0) is 73.1. The second-order valence-electron chi connectivity index (χ2n) is 30.5. The lowest BCUT2D eigenvalue weighted by atomic mass is 9.99.